The van der Waals surface area contributed by atoms with Crippen LogP contribution in [0.4, 0.5) is 0 Å². The third kappa shape index (κ3) is 4.50. The van der Waals surface area contributed by atoms with E-state index in [1.165, 1.54) is 11.1 Å². The molecule has 0 saturated carbocycles. The zero-order valence-electron chi connectivity index (χ0n) is 12.7. The van der Waals surface area contributed by atoms with Gasteiger partial charge < -0.3 is 15.2 Å². The third-order valence-corrected chi connectivity index (χ3v) is 3.59. The summed E-state index contributed by atoms with van der Waals surface area (Å²) in [5.41, 5.74) is 8.45. The van der Waals surface area contributed by atoms with Gasteiger partial charge in [0.1, 0.15) is 11.5 Å². The Labute approximate surface area is 126 Å². The molecule has 0 aliphatic rings. The van der Waals surface area contributed by atoms with Crippen LogP contribution in [0, 0.1) is 6.92 Å². The summed E-state index contributed by atoms with van der Waals surface area (Å²) in [6, 6.07) is 16.2. The molecule has 2 N–H and O–H groups in total. The highest BCUT2D eigenvalue weighted by Gasteiger charge is 2.10. The molecule has 0 aliphatic carbocycles. The standard InChI is InChI=1S/C18H23NO2/c1-14-4-3-5-15(12-14)16(13-19)10-11-21-18-8-6-17(20-2)7-9-18/h3-9,12,16H,10-11,13,19H2,1-2H3. The molecule has 1 unspecified atom stereocenters. The van der Waals surface area contributed by atoms with Crippen molar-refractivity contribution in [2.75, 3.05) is 20.3 Å². The quantitative estimate of drug-likeness (QED) is 0.846. The summed E-state index contributed by atoms with van der Waals surface area (Å²) in [5, 5.41) is 0. The number of benzene rings is 2. The number of aryl methyl sites for hydroxylation is 1. The van der Waals surface area contributed by atoms with E-state index in [-0.39, 0.29) is 0 Å². The minimum atomic E-state index is 0.336. The lowest BCUT2D eigenvalue weighted by atomic mass is 9.95. The summed E-state index contributed by atoms with van der Waals surface area (Å²) in [5.74, 6) is 2.03. The van der Waals surface area contributed by atoms with E-state index < -0.39 is 0 Å². The molecule has 2 rings (SSSR count). The van der Waals surface area contributed by atoms with Crippen molar-refractivity contribution in [3.8, 4) is 11.5 Å². The molecule has 0 amide bonds. The van der Waals surface area contributed by atoms with Crippen molar-refractivity contribution in [3.05, 3.63) is 59.7 Å². The van der Waals surface area contributed by atoms with Gasteiger partial charge in [-0.15, -0.1) is 0 Å². The molecule has 0 bridgehead atoms. The summed E-state index contributed by atoms with van der Waals surface area (Å²) < 4.78 is 10.9. The molecule has 0 saturated heterocycles. The molecule has 2 aromatic carbocycles. The Bertz CT molecular complexity index is 551. The number of methoxy groups -OCH3 is 1. The molecule has 0 spiro atoms. The van der Waals surface area contributed by atoms with Gasteiger partial charge in [0.2, 0.25) is 0 Å². The van der Waals surface area contributed by atoms with Crippen LogP contribution in [0.2, 0.25) is 0 Å². The Balaban J connectivity index is 1.88. The summed E-state index contributed by atoms with van der Waals surface area (Å²) in [6.07, 6.45) is 0.909. The van der Waals surface area contributed by atoms with E-state index in [0.717, 1.165) is 17.9 Å². The van der Waals surface area contributed by atoms with Crippen LogP contribution in [-0.4, -0.2) is 20.3 Å². The smallest absolute Gasteiger partial charge is 0.119 e. The Morgan fingerprint density at radius 2 is 1.76 bits per heavy atom. The van der Waals surface area contributed by atoms with Gasteiger partial charge in [-0.3, -0.25) is 0 Å². The van der Waals surface area contributed by atoms with Gasteiger partial charge >= 0.3 is 0 Å². The van der Waals surface area contributed by atoms with Crippen LogP contribution >= 0.6 is 0 Å². The minimum Gasteiger partial charge on any atom is -0.497 e. The molecule has 0 radical (unpaired) electrons. The van der Waals surface area contributed by atoms with Gasteiger partial charge in [-0.05, 0) is 55.6 Å². The Kier molecular flexibility index (Phi) is 5.64. The Morgan fingerprint density at radius 1 is 1.05 bits per heavy atom. The fourth-order valence-electron chi connectivity index (χ4n) is 2.34. The lowest BCUT2D eigenvalue weighted by molar-refractivity contribution is 0.297. The highest BCUT2D eigenvalue weighted by molar-refractivity contribution is 5.31. The first-order valence-corrected chi connectivity index (χ1v) is 7.26. The van der Waals surface area contributed by atoms with Gasteiger partial charge in [0.05, 0.1) is 13.7 Å². The second-order valence-corrected chi connectivity index (χ2v) is 5.16. The van der Waals surface area contributed by atoms with E-state index in [0.29, 0.717) is 19.1 Å². The maximum atomic E-state index is 5.90. The number of hydrogen-bond acceptors (Lipinski definition) is 3. The summed E-state index contributed by atoms with van der Waals surface area (Å²) in [7, 11) is 1.66. The van der Waals surface area contributed by atoms with Crippen molar-refractivity contribution in [1.82, 2.24) is 0 Å². The zero-order chi connectivity index (χ0) is 15.1. The third-order valence-electron chi connectivity index (χ3n) is 3.59. The van der Waals surface area contributed by atoms with Gasteiger partial charge in [0, 0.05) is 0 Å². The van der Waals surface area contributed by atoms with Gasteiger partial charge in [0.25, 0.3) is 0 Å². The molecule has 112 valence electrons. The topological polar surface area (TPSA) is 44.5 Å². The fourth-order valence-corrected chi connectivity index (χ4v) is 2.34. The first-order valence-electron chi connectivity index (χ1n) is 7.26. The molecule has 0 heterocycles. The van der Waals surface area contributed by atoms with Crippen molar-refractivity contribution >= 4 is 0 Å². The van der Waals surface area contributed by atoms with Crippen molar-refractivity contribution in [2.24, 2.45) is 5.73 Å². The molecule has 2 aromatic rings. The van der Waals surface area contributed by atoms with Crippen molar-refractivity contribution < 1.29 is 9.47 Å². The van der Waals surface area contributed by atoms with Crippen LogP contribution < -0.4 is 15.2 Å². The second-order valence-electron chi connectivity index (χ2n) is 5.16. The lowest BCUT2D eigenvalue weighted by Crippen LogP contribution is -2.15. The van der Waals surface area contributed by atoms with E-state index in [1.807, 2.05) is 24.3 Å². The van der Waals surface area contributed by atoms with E-state index in [9.17, 15) is 0 Å². The summed E-state index contributed by atoms with van der Waals surface area (Å²) >= 11 is 0. The minimum absolute atomic E-state index is 0.336. The molecule has 0 aliphatic heterocycles. The number of nitrogens with two attached hydrogens (primary N) is 1. The first kappa shape index (κ1) is 15.4. The monoisotopic (exact) mass is 285 g/mol. The average molecular weight is 285 g/mol. The van der Waals surface area contributed by atoms with Crippen LogP contribution in [0.1, 0.15) is 23.5 Å². The first-order chi connectivity index (χ1) is 10.2. The molecule has 1 atom stereocenters. The molecule has 21 heavy (non-hydrogen) atoms. The molecular formula is C18H23NO2. The fraction of sp³-hybridized carbons (Fsp3) is 0.333. The molecular weight excluding hydrogens is 262 g/mol. The van der Waals surface area contributed by atoms with Crippen molar-refractivity contribution in [1.29, 1.82) is 0 Å². The summed E-state index contributed by atoms with van der Waals surface area (Å²) in [4.78, 5) is 0. The van der Waals surface area contributed by atoms with Gasteiger partial charge in [-0.25, -0.2) is 0 Å². The highest BCUT2D eigenvalue weighted by atomic mass is 16.5. The highest BCUT2D eigenvalue weighted by Crippen LogP contribution is 2.21. The summed E-state index contributed by atoms with van der Waals surface area (Å²) in [6.45, 7) is 3.39. The van der Waals surface area contributed by atoms with E-state index in [1.54, 1.807) is 7.11 Å². The number of rotatable bonds is 7. The molecule has 3 nitrogen and oxygen atoms in total. The average Bonchev–Trinajstić information content (AvgIpc) is 2.52. The second kappa shape index (κ2) is 7.70. The van der Waals surface area contributed by atoms with Crippen LogP contribution in [0.15, 0.2) is 48.5 Å². The van der Waals surface area contributed by atoms with Crippen LogP contribution in [-0.2, 0) is 0 Å². The van der Waals surface area contributed by atoms with Crippen LogP contribution in [0.5, 0.6) is 11.5 Å². The molecule has 3 heteroatoms. The predicted molar refractivity (Wildman–Crippen MR) is 86.1 cm³/mol. The Hall–Kier alpha value is -2.00. The van der Waals surface area contributed by atoms with E-state index in [4.69, 9.17) is 15.2 Å². The van der Waals surface area contributed by atoms with E-state index >= 15 is 0 Å². The maximum Gasteiger partial charge on any atom is 0.119 e. The number of ether oxygens (including phenoxy) is 2. The Morgan fingerprint density at radius 3 is 2.38 bits per heavy atom. The maximum absolute atomic E-state index is 5.90. The predicted octanol–water partition coefficient (Wildman–Crippen LogP) is 3.52. The SMILES string of the molecule is COc1ccc(OCCC(CN)c2cccc(C)c2)cc1. The number of hydrogen-bond donors (Lipinski definition) is 1. The zero-order valence-corrected chi connectivity index (χ0v) is 12.7. The van der Waals surface area contributed by atoms with Crippen LogP contribution in [0.25, 0.3) is 0 Å². The van der Waals surface area contributed by atoms with Crippen LogP contribution in [0.3, 0.4) is 0 Å². The van der Waals surface area contributed by atoms with Crippen molar-refractivity contribution in [2.45, 2.75) is 19.3 Å². The largest absolute Gasteiger partial charge is 0.497 e. The van der Waals surface area contributed by atoms with Gasteiger partial charge in [-0.2, -0.15) is 0 Å². The normalized spacial score (nSPS) is 12.0. The van der Waals surface area contributed by atoms with Crippen molar-refractivity contribution in [3.63, 3.8) is 0 Å². The van der Waals surface area contributed by atoms with Gasteiger partial charge in [0.15, 0.2) is 0 Å². The van der Waals surface area contributed by atoms with Gasteiger partial charge in [-0.1, -0.05) is 29.8 Å². The van der Waals surface area contributed by atoms with E-state index in [2.05, 4.69) is 31.2 Å². The lowest BCUT2D eigenvalue weighted by Gasteiger charge is -2.16. The molecule has 0 aromatic heterocycles. The molecule has 0 fully saturated rings.